The van der Waals surface area contributed by atoms with Gasteiger partial charge in [0.25, 0.3) is 0 Å². The van der Waals surface area contributed by atoms with Crippen molar-refractivity contribution in [1.82, 2.24) is 0 Å². The van der Waals surface area contributed by atoms with Crippen LogP contribution >= 0.6 is 0 Å². The van der Waals surface area contributed by atoms with Crippen LogP contribution in [-0.2, 0) is 33.5 Å². The number of Topliss-reactive ketones (excluding diaryl/α,β-unsaturated/α-hetero) is 4. The predicted molar refractivity (Wildman–Crippen MR) is 154 cm³/mol. The normalized spacial score (nSPS) is 12.9. The summed E-state index contributed by atoms with van der Waals surface area (Å²) in [6, 6.07) is 0. The van der Waals surface area contributed by atoms with Gasteiger partial charge in [-0.3, -0.25) is 28.8 Å². The quantitative estimate of drug-likeness (QED) is 0.161. The van der Waals surface area contributed by atoms with Crippen LogP contribution in [0.15, 0.2) is 48.6 Å². The van der Waals surface area contributed by atoms with E-state index in [-0.39, 0.29) is 38.0 Å². The third-order valence-electron chi connectivity index (χ3n) is 3.31. The highest BCUT2D eigenvalue weighted by Gasteiger charge is 2.04. The molecule has 0 aliphatic rings. The Balaban J connectivity index is -0.0000000311. The molecule has 0 saturated heterocycles. The van der Waals surface area contributed by atoms with Crippen LogP contribution < -0.4 is 0 Å². The molecule has 0 saturated carbocycles. The molecule has 212 valence electrons. The zero-order valence-corrected chi connectivity index (χ0v) is 20.9. The highest BCUT2D eigenvalue weighted by atomic mass is 16.6. The van der Waals surface area contributed by atoms with Crippen molar-refractivity contribution in [3.05, 3.63) is 48.6 Å². The van der Waals surface area contributed by atoms with Gasteiger partial charge in [-0.25, -0.2) is 0 Å². The summed E-state index contributed by atoms with van der Waals surface area (Å²) in [6.07, 6.45) is 17.1. The van der Waals surface area contributed by atoms with Gasteiger partial charge in [0.2, 0.25) is 0 Å². The van der Waals surface area contributed by atoms with Crippen LogP contribution in [-0.4, -0.2) is 46.8 Å². The van der Waals surface area contributed by atoms with E-state index in [4.69, 9.17) is 34.8 Å². The minimum Gasteiger partial charge on any atom is -0.393 e. The molecule has 0 aromatic rings. The molecule has 0 radical (unpaired) electrons. The van der Waals surface area contributed by atoms with Crippen LogP contribution in [0.4, 0.5) is 0 Å². The second-order valence-corrected chi connectivity index (χ2v) is 6.94. The third-order valence-corrected chi connectivity index (χ3v) is 3.31. The van der Waals surface area contributed by atoms with Crippen molar-refractivity contribution < 1.29 is 69.7 Å². The molecule has 1 N–H and O–H groups in total. The first-order chi connectivity index (χ1) is 26.0. The largest absolute Gasteiger partial charge is 0.393 e. The molecule has 0 amide bonds. The van der Waals surface area contributed by atoms with Gasteiger partial charge in [-0.1, -0.05) is 48.6 Å². The van der Waals surface area contributed by atoms with Crippen LogP contribution in [0.25, 0.3) is 0 Å². The highest BCUT2D eigenvalue weighted by molar-refractivity contribution is 5.98. The smallest absolute Gasteiger partial charge is 0.313 e. The molecular weight excluding hydrogens is 440 g/mol. The molecule has 34 heavy (non-hydrogen) atoms. The molecule has 0 spiro atoms. The first kappa shape index (κ1) is 19.1. The van der Waals surface area contributed by atoms with E-state index < -0.39 is 24.3 Å². The van der Waals surface area contributed by atoms with Gasteiger partial charge in [0.05, 0.1) is 12.8 Å². The average molecular weight is 522 g/mol. The number of ether oxygens (including phenoxy) is 1. The maximum absolute atomic E-state index is 11.0. The van der Waals surface area contributed by atoms with E-state index in [1.54, 1.807) is 0 Å². The maximum Gasteiger partial charge on any atom is 0.313 e. The van der Waals surface area contributed by atoms with Crippen LogP contribution in [0.5, 0.6) is 0 Å². The van der Waals surface area contributed by atoms with E-state index in [0.717, 1.165) is 6.42 Å². The van der Waals surface area contributed by atoms with Crippen molar-refractivity contribution in [2.45, 2.75) is 73.1 Å². The Morgan fingerprint density at radius 2 is 1.18 bits per heavy atom. The maximum atomic E-state index is 11.0. The standard InChI is InChI=1S/C11H16O2.C10H14O3.C5H8O3.11H2/c1-3-4-5-6-7-8-11(13)9-10(2)12;1-3-4-5-6-7-8-10(12)13-9(2)11;1-4(7)2-5(8)3-6;;;;;;;;;;;/h3-6H,7-9H2,1-2H3;3-6H,7-8H2,1-2H3;6H,2-3H2,1H3;11*1H/b2*4-3+,6-5-;;;;;;;;;;;;/i;;;10*1+1D;1+1. The fourth-order valence-corrected chi connectivity index (χ4v) is 1.93. The van der Waals surface area contributed by atoms with Gasteiger partial charge in [0.1, 0.15) is 24.0 Å². The lowest BCUT2D eigenvalue weighted by atomic mass is 10.1. The number of carbonyl (C=O) groups is 6. The van der Waals surface area contributed by atoms with Crippen LogP contribution in [0.3, 0.4) is 0 Å². The average Bonchev–Trinajstić information content (AvgIpc) is 3.22. The summed E-state index contributed by atoms with van der Waals surface area (Å²) < 4.78 is 104. The molecule has 0 heterocycles. The monoisotopic (exact) mass is 522 g/mol. The first-order valence-corrected chi connectivity index (χ1v) is 10.9. The fourth-order valence-electron chi connectivity index (χ4n) is 1.93. The minimum absolute atomic E-state index is 0. The molecule has 0 aromatic heterocycles. The van der Waals surface area contributed by atoms with Gasteiger partial charge in [-0.05, 0) is 40.5 Å². The van der Waals surface area contributed by atoms with E-state index >= 15 is 0 Å². The summed E-state index contributed by atoms with van der Waals surface area (Å²) in [7, 11) is 0. The number of rotatable bonds is 13. The topological polar surface area (TPSA) is 132 Å². The number of esters is 2. The molecule has 0 aliphatic heterocycles. The lowest BCUT2D eigenvalue weighted by molar-refractivity contribution is -0.158. The summed E-state index contributed by atoms with van der Waals surface area (Å²) >= 11 is 0. The molecule has 8 nitrogen and oxygen atoms in total. The Hall–Kier alpha value is -3.26. The van der Waals surface area contributed by atoms with Crippen molar-refractivity contribution in [1.29, 1.82) is 0 Å². The highest BCUT2D eigenvalue weighted by Crippen LogP contribution is 1.97. The number of ketones is 4. The van der Waals surface area contributed by atoms with Gasteiger partial charge in [-0.15, -0.1) is 0 Å². The van der Waals surface area contributed by atoms with E-state index in [1.165, 1.54) is 20.8 Å². The number of hydrogen-bond acceptors (Lipinski definition) is 8. The molecule has 0 fully saturated rings. The second-order valence-electron chi connectivity index (χ2n) is 6.94. The molecule has 8 heteroatoms. The van der Waals surface area contributed by atoms with Crippen LogP contribution in [0.2, 0.25) is 0 Å². The molecule has 0 rings (SSSR count). The van der Waals surface area contributed by atoms with Gasteiger partial charge < -0.3 is 9.84 Å². The summed E-state index contributed by atoms with van der Waals surface area (Å²) in [5.74, 6) is -1.68. The van der Waals surface area contributed by atoms with Crippen molar-refractivity contribution in [3.8, 4) is 0 Å². The number of carbonyl (C=O) groups excluding carboxylic acids is 6. The van der Waals surface area contributed by atoms with Crippen LogP contribution in [0.1, 0.15) is 104 Å². The number of hydrogen-bond donors (Lipinski definition) is 1. The lowest BCUT2D eigenvalue weighted by Gasteiger charge is -1.95. The third kappa shape index (κ3) is 36.1. The molecule has 0 aliphatic carbocycles. The van der Waals surface area contributed by atoms with Crippen molar-refractivity contribution in [2.24, 2.45) is 0 Å². The number of allylic oxidation sites excluding steroid dienone is 8. The van der Waals surface area contributed by atoms with E-state index in [9.17, 15) is 28.8 Å². The molecule has 0 bridgehead atoms. The molecule has 0 atom stereocenters. The number of aliphatic hydroxyl groups excluding tert-OH is 1. The fraction of sp³-hybridized carbons (Fsp3) is 0.462. The van der Waals surface area contributed by atoms with Gasteiger partial charge >= 0.3 is 11.9 Å². The van der Waals surface area contributed by atoms with Gasteiger partial charge in [0, 0.05) is 50.9 Å². The first-order valence-electron chi connectivity index (χ1n) is 20.9. The Morgan fingerprint density at radius 3 is 1.53 bits per heavy atom. The van der Waals surface area contributed by atoms with Gasteiger partial charge in [0.15, 0.2) is 5.78 Å². The summed E-state index contributed by atoms with van der Waals surface area (Å²) in [5, 5.41) is 8.08. The zero-order chi connectivity index (χ0) is 46.8. The Bertz CT molecular complexity index is 758. The van der Waals surface area contributed by atoms with Crippen molar-refractivity contribution in [3.63, 3.8) is 0 Å². The Labute approximate surface area is 234 Å². The second kappa shape index (κ2) is 26.0. The summed E-state index contributed by atoms with van der Waals surface area (Å²) in [6.45, 7) is 7.29. The molecule has 0 unspecified atom stereocenters. The Morgan fingerprint density at radius 1 is 0.735 bits per heavy atom. The van der Waals surface area contributed by atoms with Crippen molar-refractivity contribution in [2.75, 3.05) is 6.61 Å². The van der Waals surface area contributed by atoms with E-state index in [1.807, 2.05) is 62.5 Å². The molecule has 0 aromatic carbocycles. The lowest BCUT2D eigenvalue weighted by Crippen LogP contribution is -2.07. The van der Waals surface area contributed by atoms with E-state index in [0.29, 0.717) is 12.8 Å². The molecular formula is C26H60O8. The van der Waals surface area contributed by atoms with Crippen molar-refractivity contribution >= 4 is 35.1 Å². The van der Waals surface area contributed by atoms with E-state index in [2.05, 4.69) is 4.74 Å². The number of aliphatic hydroxyl groups is 1. The summed E-state index contributed by atoms with van der Waals surface area (Å²) in [5.41, 5.74) is 0. The summed E-state index contributed by atoms with van der Waals surface area (Å²) in [4.78, 5) is 62.9. The zero-order valence-electron chi connectivity index (χ0n) is 40.9. The minimum atomic E-state index is -0.553. The van der Waals surface area contributed by atoms with Gasteiger partial charge in [-0.2, -0.15) is 0 Å². The Kier molecular flexibility index (Phi) is 14.6. The van der Waals surface area contributed by atoms with Crippen LogP contribution in [0, 0.1) is 0 Å². The SMILES string of the molecule is C/C=C/C=C\CCC(=O)CC(C)=O.C/C=C/C=C\CCC(=O)OC(C)=O.CC(=O)CC(=O)CO.[2HH].[2H][2H].[2H][2H].[2H][2H].[2H][2H].[2H][2H].[2H][2H].[2H][2H].[2H][2H].[2H][2H].[2H][2H]. The predicted octanol–water partition coefficient (Wildman–Crippen LogP) is 6.67.